The second-order valence-corrected chi connectivity index (χ2v) is 2.91. The number of rotatable bonds is 2. The van der Waals surface area contributed by atoms with Crippen LogP contribution < -0.4 is 4.74 Å². The molecule has 0 aliphatic rings. The molecule has 0 atom stereocenters. The molecule has 3 nitrogen and oxygen atoms in total. The molecule has 0 radical (unpaired) electrons. The fourth-order valence-corrected chi connectivity index (χ4v) is 1.24. The molecular weight excluding hydrogens is 168 g/mol. The number of aromatic hydroxyl groups is 1. The maximum absolute atomic E-state index is 10.5. The molecular formula is C10H12O3. The van der Waals surface area contributed by atoms with Gasteiger partial charge in [0.2, 0.25) is 0 Å². The molecule has 0 amide bonds. The van der Waals surface area contributed by atoms with Gasteiger partial charge in [0.1, 0.15) is 0 Å². The first-order valence-corrected chi connectivity index (χ1v) is 3.94. The zero-order valence-electron chi connectivity index (χ0n) is 7.92. The molecule has 0 saturated heterocycles. The lowest BCUT2D eigenvalue weighted by Gasteiger charge is -2.10. The second-order valence-electron chi connectivity index (χ2n) is 2.91. The second kappa shape index (κ2) is 3.47. The van der Waals surface area contributed by atoms with E-state index in [-0.39, 0.29) is 11.3 Å². The average molecular weight is 180 g/mol. The largest absolute Gasteiger partial charge is 0.504 e. The lowest BCUT2D eigenvalue weighted by Crippen LogP contribution is -1.94. The van der Waals surface area contributed by atoms with Crippen molar-refractivity contribution in [1.82, 2.24) is 0 Å². The minimum atomic E-state index is -0.0828. The van der Waals surface area contributed by atoms with Crippen LogP contribution in [0, 0.1) is 13.8 Å². The maximum Gasteiger partial charge on any atom is 0.168 e. The molecule has 0 unspecified atom stereocenters. The minimum absolute atomic E-state index is 0.0828. The van der Waals surface area contributed by atoms with Gasteiger partial charge in [-0.1, -0.05) is 0 Å². The lowest BCUT2D eigenvalue weighted by molar-refractivity contribution is 0.112. The highest BCUT2D eigenvalue weighted by molar-refractivity contribution is 5.82. The number of methoxy groups -OCH3 is 1. The van der Waals surface area contributed by atoms with Crippen molar-refractivity contribution in [3.8, 4) is 11.5 Å². The summed E-state index contributed by atoms with van der Waals surface area (Å²) in [6.45, 7) is 3.70. The smallest absolute Gasteiger partial charge is 0.168 e. The van der Waals surface area contributed by atoms with Crippen molar-refractivity contribution in [2.45, 2.75) is 13.8 Å². The van der Waals surface area contributed by atoms with Crippen LogP contribution in [0.1, 0.15) is 21.5 Å². The maximum atomic E-state index is 10.5. The Bertz CT molecular complexity index is 343. The van der Waals surface area contributed by atoms with Gasteiger partial charge in [-0.05, 0) is 31.0 Å². The molecule has 0 heterocycles. The molecule has 0 bridgehead atoms. The molecule has 3 heteroatoms. The van der Waals surface area contributed by atoms with E-state index < -0.39 is 0 Å². The molecule has 0 saturated carbocycles. The van der Waals surface area contributed by atoms with E-state index in [0.29, 0.717) is 12.0 Å². The van der Waals surface area contributed by atoms with Crippen molar-refractivity contribution >= 4 is 6.29 Å². The zero-order chi connectivity index (χ0) is 10.0. The monoisotopic (exact) mass is 180 g/mol. The molecule has 1 N–H and O–H groups in total. The number of ether oxygens (including phenoxy) is 1. The summed E-state index contributed by atoms with van der Waals surface area (Å²) in [6.07, 6.45) is 0.615. The molecule has 1 rings (SSSR count). The van der Waals surface area contributed by atoms with Gasteiger partial charge in [-0.2, -0.15) is 0 Å². The van der Waals surface area contributed by atoms with E-state index in [1.165, 1.54) is 7.11 Å². The van der Waals surface area contributed by atoms with Crippen molar-refractivity contribution < 1.29 is 14.6 Å². The number of phenols is 1. The Labute approximate surface area is 77.0 Å². The molecule has 1 aromatic rings. The summed E-state index contributed by atoms with van der Waals surface area (Å²) in [6, 6.07) is 1.64. The van der Waals surface area contributed by atoms with Gasteiger partial charge in [0.15, 0.2) is 17.8 Å². The minimum Gasteiger partial charge on any atom is -0.504 e. The predicted molar refractivity (Wildman–Crippen MR) is 49.5 cm³/mol. The van der Waals surface area contributed by atoms with Crippen LogP contribution in [0.15, 0.2) is 6.07 Å². The Kier molecular flexibility index (Phi) is 2.56. The SMILES string of the molecule is COc1c(C)c(C)cc(C=O)c1O. The number of aryl methyl sites for hydroxylation is 1. The van der Waals surface area contributed by atoms with Gasteiger partial charge in [-0.25, -0.2) is 0 Å². The average Bonchev–Trinajstić information content (AvgIpc) is 2.12. The van der Waals surface area contributed by atoms with E-state index in [9.17, 15) is 9.90 Å². The van der Waals surface area contributed by atoms with Gasteiger partial charge >= 0.3 is 0 Å². The van der Waals surface area contributed by atoms with Gasteiger partial charge in [0, 0.05) is 0 Å². The Balaban J connectivity index is 3.47. The van der Waals surface area contributed by atoms with Crippen molar-refractivity contribution in [1.29, 1.82) is 0 Å². The topological polar surface area (TPSA) is 46.5 Å². The Morgan fingerprint density at radius 1 is 1.46 bits per heavy atom. The highest BCUT2D eigenvalue weighted by atomic mass is 16.5. The summed E-state index contributed by atoms with van der Waals surface area (Å²) >= 11 is 0. The summed E-state index contributed by atoms with van der Waals surface area (Å²) in [5, 5.41) is 9.54. The number of carbonyl (C=O) groups is 1. The number of phenolic OH excluding ortho intramolecular Hbond substituents is 1. The van der Waals surface area contributed by atoms with Crippen LogP contribution in [-0.4, -0.2) is 18.5 Å². The molecule has 0 fully saturated rings. The fourth-order valence-electron chi connectivity index (χ4n) is 1.24. The van der Waals surface area contributed by atoms with Crippen LogP contribution in [0.5, 0.6) is 11.5 Å². The van der Waals surface area contributed by atoms with E-state index in [1.54, 1.807) is 6.07 Å². The summed E-state index contributed by atoms with van der Waals surface area (Å²) in [7, 11) is 1.47. The van der Waals surface area contributed by atoms with Crippen LogP contribution in [0.25, 0.3) is 0 Å². The number of benzene rings is 1. The van der Waals surface area contributed by atoms with Gasteiger partial charge in [0.05, 0.1) is 12.7 Å². The third-order valence-electron chi connectivity index (χ3n) is 2.12. The summed E-state index contributed by atoms with van der Waals surface area (Å²) in [5.41, 5.74) is 2.04. The number of aldehydes is 1. The van der Waals surface area contributed by atoms with Crippen molar-refractivity contribution in [3.05, 3.63) is 22.8 Å². The third kappa shape index (κ3) is 1.49. The predicted octanol–water partition coefficient (Wildman–Crippen LogP) is 1.83. The Morgan fingerprint density at radius 2 is 2.08 bits per heavy atom. The normalized spacial score (nSPS) is 9.77. The van der Waals surface area contributed by atoms with E-state index in [4.69, 9.17) is 4.74 Å². The van der Waals surface area contributed by atoms with Gasteiger partial charge in [0.25, 0.3) is 0 Å². The zero-order valence-corrected chi connectivity index (χ0v) is 7.92. The molecule has 70 valence electrons. The first-order chi connectivity index (χ1) is 6.11. The van der Waals surface area contributed by atoms with E-state index in [1.807, 2.05) is 13.8 Å². The van der Waals surface area contributed by atoms with Crippen molar-refractivity contribution in [2.24, 2.45) is 0 Å². The Hall–Kier alpha value is -1.51. The summed E-state index contributed by atoms with van der Waals surface area (Å²) < 4.78 is 4.99. The highest BCUT2D eigenvalue weighted by Gasteiger charge is 2.12. The van der Waals surface area contributed by atoms with Crippen LogP contribution in [0.3, 0.4) is 0 Å². The molecule has 0 aliphatic carbocycles. The van der Waals surface area contributed by atoms with E-state index in [2.05, 4.69) is 0 Å². The molecule has 1 aromatic carbocycles. The fraction of sp³-hybridized carbons (Fsp3) is 0.300. The van der Waals surface area contributed by atoms with Gasteiger partial charge in [-0.15, -0.1) is 0 Å². The number of hydrogen-bond donors (Lipinski definition) is 1. The van der Waals surface area contributed by atoms with Gasteiger partial charge < -0.3 is 9.84 Å². The van der Waals surface area contributed by atoms with E-state index >= 15 is 0 Å². The highest BCUT2D eigenvalue weighted by Crippen LogP contribution is 2.34. The third-order valence-corrected chi connectivity index (χ3v) is 2.12. The molecule has 0 spiro atoms. The molecule has 13 heavy (non-hydrogen) atoms. The molecule has 0 aromatic heterocycles. The summed E-state index contributed by atoms with van der Waals surface area (Å²) in [4.78, 5) is 10.5. The first kappa shape index (κ1) is 9.58. The molecule has 0 aliphatic heterocycles. The lowest BCUT2D eigenvalue weighted by atomic mass is 10.0. The van der Waals surface area contributed by atoms with Crippen LogP contribution in [-0.2, 0) is 0 Å². The standard InChI is InChI=1S/C10H12O3/c1-6-4-8(5-11)9(12)10(13-3)7(6)2/h4-5,12H,1-3H3. The van der Waals surface area contributed by atoms with Crippen LogP contribution in [0.2, 0.25) is 0 Å². The van der Waals surface area contributed by atoms with E-state index in [0.717, 1.165) is 11.1 Å². The number of carbonyl (C=O) groups excluding carboxylic acids is 1. The quantitative estimate of drug-likeness (QED) is 0.706. The first-order valence-electron chi connectivity index (χ1n) is 3.94. The van der Waals surface area contributed by atoms with Crippen LogP contribution in [0.4, 0.5) is 0 Å². The van der Waals surface area contributed by atoms with Crippen molar-refractivity contribution in [2.75, 3.05) is 7.11 Å². The number of hydrogen-bond acceptors (Lipinski definition) is 3. The van der Waals surface area contributed by atoms with Gasteiger partial charge in [-0.3, -0.25) is 4.79 Å². The van der Waals surface area contributed by atoms with Crippen LogP contribution >= 0.6 is 0 Å². The van der Waals surface area contributed by atoms with Crippen molar-refractivity contribution in [3.63, 3.8) is 0 Å². The Morgan fingerprint density at radius 3 is 2.54 bits per heavy atom. The summed E-state index contributed by atoms with van der Waals surface area (Å²) in [5.74, 6) is 0.294.